The number of thiazole rings is 1. The number of rotatable bonds is 7. The van der Waals surface area contributed by atoms with E-state index in [0.29, 0.717) is 25.1 Å². The molecule has 150 valence electrons. The van der Waals surface area contributed by atoms with Crippen LogP contribution >= 0.6 is 51.2 Å². The van der Waals surface area contributed by atoms with Gasteiger partial charge in [-0.05, 0) is 37.1 Å². The van der Waals surface area contributed by atoms with Gasteiger partial charge < -0.3 is 15.0 Å². The van der Waals surface area contributed by atoms with Crippen LogP contribution in [0.2, 0.25) is 0 Å². The number of ether oxygens (including phenoxy) is 1. The van der Waals surface area contributed by atoms with Crippen LogP contribution in [0.15, 0.2) is 33.0 Å². The summed E-state index contributed by atoms with van der Waals surface area (Å²) in [4.78, 5) is 10.9. The highest BCUT2D eigenvalue weighted by atomic mass is 127. The lowest BCUT2D eigenvalue weighted by molar-refractivity contribution is 0.119. The Balaban J connectivity index is 0.00000364. The van der Waals surface area contributed by atoms with Gasteiger partial charge >= 0.3 is 0 Å². The van der Waals surface area contributed by atoms with Gasteiger partial charge in [0.1, 0.15) is 16.9 Å². The van der Waals surface area contributed by atoms with E-state index in [9.17, 15) is 4.39 Å². The molecule has 0 aliphatic carbocycles. The molecule has 0 saturated carbocycles. The maximum Gasteiger partial charge on any atom is 0.193 e. The van der Waals surface area contributed by atoms with Crippen LogP contribution < -0.4 is 5.32 Å². The van der Waals surface area contributed by atoms with E-state index >= 15 is 0 Å². The van der Waals surface area contributed by atoms with E-state index in [-0.39, 0.29) is 35.9 Å². The van der Waals surface area contributed by atoms with Gasteiger partial charge in [-0.1, -0.05) is 15.9 Å². The number of guanidine groups is 1. The highest BCUT2D eigenvalue weighted by Crippen LogP contribution is 2.21. The lowest BCUT2D eigenvalue weighted by atomic mass is 10.1. The Hall–Kier alpha value is -0.780. The number of hydrogen-bond donors (Lipinski definition) is 1. The van der Waals surface area contributed by atoms with Gasteiger partial charge in [-0.3, -0.25) is 4.99 Å². The van der Waals surface area contributed by atoms with Gasteiger partial charge in [-0.25, -0.2) is 9.37 Å². The fraction of sp³-hybridized carbons (Fsp3) is 0.444. The van der Waals surface area contributed by atoms with Crippen molar-refractivity contribution < 1.29 is 9.13 Å². The fourth-order valence-corrected chi connectivity index (χ4v) is 3.68. The first-order valence-electron chi connectivity index (χ1n) is 8.27. The zero-order chi connectivity index (χ0) is 19.1. The minimum Gasteiger partial charge on any atom is -0.375 e. The second kappa shape index (κ2) is 11.9. The molecule has 1 atom stereocenters. The molecule has 2 rings (SSSR count). The minimum atomic E-state index is -0.194. The summed E-state index contributed by atoms with van der Waals surface area (Å²) in [7, 11) is 5.36. The van der Waals surface area contributed by atoms with Crippen molar-refractivity contribution in [1.29, 1.82) is 0 Å². The van der Waals surface area contributed by atoms with Gasteiger partial charge in [-0.2, -0.15) is 0 Å². The van der Waals surface area contributed by atoms with Crippen molar-refractivity contribution in [1.82, 2.24) is 15.2 Å². The lowest BCUT2D eigenvalue weighted by Gasteiger charge is -2.21. The van der Waals surface area contributed by atoms with Crippen LogP contribution in [0.1, 0.15) is 29.3 Å². The van der Waals surface area contributed by atoms with Crippen molar-refractivity contribution in [2.75, 3.05) is 27.7 Å². The first-order valence-corrected chi connectivity index (χ1v) is 9.94. The number of aliphatic imine (C=N–C) groups is 1. The van der Waals surface area contributed by atoms with Gasteiger partial charge in [-0.15, -0.1) is 35.3 Å². The van der Waals surface area contributed by atoms with Crippen molar-refractivity contribution in [2.45, 2.75) is 26.0 Å². The Labute approximate surface area is 189 Å². The summed E-state index contributed by atoms with van der Waals surface area (Å²) < 4.78 is 20.0. The number of nitrogens with one attached hydrogen (secondary N) is 1. The average molecular weight is 571 g/mol. The van der Waals surface area contributed by atoms with Crippen LogP contribution in [0, 0.1) is 5.82 Å². The summed E-state index contributed by atoms with van der Waals surface area (Å²) in [5, 5.41) is 6.27. The van der Waals surface area contributed by atoms with E-state index in [1.54, 1.807) is 37.6 Å². The minimum absolute atomic E-state index is 0. The molecule has 9 heteroatoms. The van der Waals surface area contributed by atoms with E-state index < -0.39 is 0 Å². The first-order chi connectivity index (χ1) is 12.4. The van der Waals surface area contributed by atoms with Crippen LogP contribution in [0.25, 0.3) is 0 Å². The van der Waals surface area contributed by atoms with Crippen LogP contribution in [-0.4, -0.2) is 43.6 Å². The maximum atomic E-state index is 13.8. The second-order valence-corrected chi connectivity index (χ2v) is 7.68. The molecule has 0 amide bonds. The molecule has 1 unspecified atom stereocenters. The topological polar surface area (TPSA) is 49.8 Å². The second-order valence-electron chi connectivity index (χ2n) is 5.87. The summed E-state index contributed by atoms with van der Waals surface area (Å²) in [5.41, 5.74) is 1.64. The third-order valence-electron chi connectivity index (χ3n) is 3.93. The predicted octanol–water partition coefficient (Wildman–Crippen LogP) is 4.62. The van der Waals surface area contributed by atoms with E-state index in [2.05, 4.69) is 31.2 Å². The first kappa shape index (κ1) is 24.3. The molecular weight excluding hydrogens is 546 g/mol. The van der Waals surface area contributed by atoms with Gasteiger partial charge in [0, 0.05) is 37.6 Å². The molecule has 0 saturated heterocycles. The van der Waals surface area contributed by atoms with Crippen molar-refractivity contribution in [3.8, 4) is 0 Å². The third kappa shape index (κ3) is 7.28. The molecule has 27 heavy (non-hydrogen) atoms. The van der Waals surface area contributed by atoms with Crippen LogP contribution in [0.5, 0.6) is 0 Å². The number of nitrogens with zero attached hydrogens (tertiary/aromatic N) is 3. The number of hydrogen-bond acceptors (Lipinski definition) is 4. The van der Waals surface area contributed by atoms with E-state index in [4.69, 9.17) is 4.74 Å². The Kier molecular flexibility index (Phi) is 10.7. The zero-order valence-electron chi connectivity index (χ0n) is 15.8. The molecule has 1 aromatic heterocycles. The smallest absolute Gasteiger partial charge is 0.193 e. The van der Waals surface area contributed by atoms with E-state index in [1.165, 1.54) is 6.07 Å². The van der Waals surface area contributed by atoms with E-state index in [1.807, 2.05) is 24.3 Å². The highest BCUT2D eigenvalue weighted by molar-refractivity contribution is 14.0. The summed E-state index contributed by atoms with van der Waals surface area (Å²) >= 11 is 4.97. The predicted molar refractivity (Wildman–Crippen MR) is 124 cm³/mol. The maximum absolute atomic E-state index is 13.8. The monoisotopic (exact) mass is 570 g/mol. The molecule has 0 spiro atoms. The largest absolute Gasteiger partial charge is 0.375 e. The molecule has 5 nitrogen and oxygen atoms in total. The Morgan fingerprint density at radius 1 is 1.48 bits per heavy atom. The molecule has 2 aromatic rings. The quantitative estimate of drug-likeness (QED) is 0.300. The Morgan fingerprint density at radius 3 is 2.89 bits per heavy atom. The lowest BCUT2D eigenvalue weighted by Crippen LogP contribution is -2.39. The van der Waals surface area contributed by atoms with Crippen LogP contribution in [0.4, 0.5) is 4.39 Å². The van der Waals surface area contributed by atoms with Gasteiger partial charge in [0.05, 0.1) is 12.2 Å². The molecule has 1 aromatic carbocycles. The Bertz CT molecular complexity index is 759. The molecule has 0 aliphatic rings. The normalized spacial score (nSPS) is 12.4. The van der Waals surface area contributed by atoms with Gasteiger partial charge in [0.25, 0.3) is 0 Å². The highest BCUT2D eigenvalue weighted by Gasteiger charge is 2.13. The molecule has 1 heterocycles. The van der Waals surface area contributed by atoms with Crippen molar-refractivity contribution in [2.24, 2.45) is 4.99 Å². The summed E-state index contributed by atoms with van der Waals surface area (Å²) in [6, 6.07) is 4.98. The number of halogens is 3. The number of benzene rings is 1. The van der Waals surface area contributed by atoms with Gasteiger partial charge in [0.15, 0.2) is 5.96 Å². The van der Waals surface area contributed by atoms with Crippen LogP contribution in [-0.2, 0) is 17.7 Å². The van der Waals surface area contributed by atoms with Crippen molar-refractivity contribution in [3.05, 3.63) is 50.1 Å². The Morgan fingerprint density at radius 2 is 2.22 bits per heavy atom. The third-order valence-corrected chi connectivity index (χ3v) is 5.48. The fourth-order valence-electron chi connectivity index (χ4n) is 2.43. The summed E-state index contributed by atoms with van der Waals surface area (Å²) in [5.74, 6) is 0.551. The molecule has 0 fully saturated rings. The number of methoxy groups -OCH3 is 1. The molecule has 0 aliphatic heterocycles. The van der Waals surface area contributed by atoms with Crippen molar-refractivity contribution >= 4 is 57.2 Å². The zero-order valence-corrected chi connectivity index (χ0v) is 20.6. The van der Waals surface area contributed by atoms with Crippen LogP contribution in [0.3, 0.4) is 0 Å². The SMILES string of the molecule is CN=C(NCCc1cc(Br)ccc1F)N(C)Cc1csc(C(C)OC)n1.I. The molecule has 0 radical (unpaired) electrons. The summed E-state index contributed by atoms with van der Waals surface area (Å²) in [6.07, 6.45) is 0.571. The average Bonchev–Trinajstić information content (AvgIpc) is 3.09. The molecule has 0 bridgehead atoms. The molecular formula is C18H25BrFIN4OS. The standard InChI is InChI=1S/C18H24BrFN4OS.HI/c1-12(25-4)17-23-15(11-26-17)10-24(3)18(21-2)22-8-7-13-9-14(19)5-6-16(13)20;/h5-6,9,11-12H,7-8,10H2,1-4H3,(H,21,22);1H. The van der Waals surface area contributed by atoms with Crippen molar-refractivity contribution in [3.63, 3.8) is 0 Å². The van der Waals surface area contributed by atoms with Gasteiger partial charge in [0.2, 0.25) is 0 Å². The number of aromatic nitrogens is 1. The molecule has 1 N–H and O–H groups in total. The van der Waals surface area contributed by atoms with E-state index in [0.717, 1.165) is 21.1 Å². The summed E-state index contributed by atoms with van der Waals surface area (Å²) in [6.45, 7) is 3.21.